The van der Waals surface area contributed by atoms with Crippen LogP contribution in [0.5, 0.6) is 0 Å². The third kappa shape index (κ3) is 22.5. The van der Waals surface area contributed by atoms with Crippen molar-refractivity contribution in [3.05, 3.63) is 59.7 Å². The highest BCUT2D eigenvalue weighted by Crippen LogP contribution is 2.44. The van der Waals surface area contributed by atoms with Crippen LogP contribution in [0.15, 0.2) is 48.5 Å². The van der Waals surface area contributed by atoms with Gasteiger partial charge in [-0.25, -0.2) is 9.59 Å². The maximum Gasteiger partial charge on any atom is 0.407 e. The number of benzene rings is 2. The van der Waals surface area contributed by atoms with E-state index in [-0.39, 0.29) is 55.2 Å². The van der Waals surface area contributed by atoms with Crippen molar-refractivity contribution in [3.8, 4) is 11.1 Å². The Labute approximate surface area is 392 Å². The summed E-state index contributed by atoms with van der Waals surface area (Å²) in [5, 5.41) is 14.0. The normalized spacial score (nSPS) is 12.9. The van der Waals surface area contributed by atoms with E-state index in [1.165, 1.54) is 0 Å². The minimum atomic E-state index is -0.731. The topological polar surface area (TPSA) is 209 Å². The molecule has 0 bridgehead atoms. The number of likely N-dealkylation sites (N-methyl/N-ethyl adjacent to an activating group) is 1. The van der Waals surface area contributed by atoms with Crippen LogP contribution in [0, 0.1) is 0 Å². The maximum absolute atomic E-state index is 13.4. The van der Waals surface area contributed by atoms with Crippen LogP contribution in [-0.2, 0) is 42.9 Å². The summed E-state index contributed by atoms with van der Waals surface area (Å²) >= 11 is 0. The smallest absolute Gasteiger partial charge is 0.407 e. The van der Waals surface area contributed by atoms with Crippen LogP contribution in [0.2, 0.25) is 0 Å². The fourth-order valence-electron chi connectivity index (χ4n) is 7.56. The SMILES string of the molecule is CNCCCCC(NC(=O)CCC(=O)CCCCOCCOCCOCCCCC(=O)C(CCCCNC(=O)OC(C)(C)C)NC(=O)OCC1c2ccccc2-c2ccccc21)C(=O)NC. The van der Waals surface area contributed by atoms with Gasteiger partial charge in [-0.1, -0.05) is 48.5 Å². The molecule has 16 nitrogen and oxygen atoms in total. The molecule has 4 amide bonds. The molecule has 16 heteroatoms. The summed E-state index contributed by atoms with van der Waals surface area (Å²) in [6, 6.07) is 14.9. The summed E-state index contributed by atoms with van der Waals surface area (Å²) in [5.41, 5.74) is 3.87. The molecular weight excluding hydrogens is 847 g/mol. The molecule has 0 saturated heterocycles. The second-order valence-corrected chi connectivity index (χ2v) is 17.5. The number of nitrogens with one attached hydrogen (secondary N) is 5. The Morgan fingerprint density at radius 1 is 0.591 bits per heavy atom. The number of unbranched alkanes of at least 4 members (excludes halogenated alkanes) is 4. The number of amides is 4. The van der Waals surface area contributed by atoms with Gasteiger partial charge < -0.3 is 50.3 Å². The predicted molar refractivity (Wildman–Crippen MR) is 253 cm³/mol. The van der Waals surface area contributed by atoms with Gasteiger partial charge >= 0.3 is 12.2 Å². The molecule has 66 heavy (non-hydrogen) atoms. The number of Topliss-reactive ketones (excluding diaryl/α,β-unsaturated/α-hetero) is 2. The van der Waals surface area contributed by atoms with E-state index in [0.29, 0.717) is 104 Å². The minimum absolute atomic E-state index is 0.0103. The highest BCUT2D eigenvalue weighted by atomic mass is 16.6. The van der Waals surface area contributed by atoms with Crippen molar-refractivity contribution in [2.45, 2.75) is 134 Å². The first-order valence-corrected chi connectivity index (χ1v) is 23.8. The molecule has 0 radical (unpaired) electrons. The molecule has 0 saturated carbocycles. The van der Waals surface area contributed by atoms with Crippen molar-refractivity contribution < 1.29 is 52.5 Å². The monoisotopic (exact) mass is 924 g/mol. The molecule has 1 aliphatic carbocycles. The first kappa shape index (κ1) is 55.4. The Bertz CT molecular complexity index is 1740. The molecule has 0 fully saturated rings. The second-order valence-electron chi connectivity index (χ2n) is 17.5. The quantitative estimate of drug-likeness (QED) is 0.0469. The zero-order valence-electron chi connectivity index (χ0n) is 40.1. The number of fused-ring (bicyclic) bond motifs is 3. The third-order valence-electron chi connectivity index (χ3n) is 11.0. The van der Waals surface area contributed by atoms with Crippen molar-refractivity contribution in [3.63, 3.8) is 0 Å². The molecule has 0 spiro atoms. The van der Waals surface area contributed by atoms with Crippen LogP contribution in [0.3, 0.4) is 0 Å². The van der Waals surface area contributed by atoms with E-state index < -0.39 is 29.9 Å². The first-order valence-electron chi connectivity index (χ1n) is 23.8. The van der Waals surface area contributed by atoms with Gasteiger partial charge in [-0.05, 0) is 121 Å². The number of carbonyl (C=O) groups is 6. The van der Waals surface area contributed by atoms with Crippen molar-refractivity contribution >= 4 is 35.6 Å². The summed E-state index contributed by atoms with van der Waals surface area (Å²) in [5.74, 6) is -0.703. The van der Waals surface area contributed by atoms with Gasteiger partial charge in [0.15, 0.2) is 5.78 Å². The van der Waals surface area contributed by atoms with Crippen LogP contribution in [0.4, 0.5) is 9.59 Å². The van der Waals surface area contributed by atoms with Gasteiger partial charge in [0.25, 0.3) is 0 Å². The fraction of sp³-hybridized carbons (Fsp3) is 0.640. The Kier molecular flexibility index (Phi) is 26.8. The van der Waals surface area contributed by atoms with Gasteiger partial charge in [0.1, 0.15) is 24.0 Å². The lowest BCUT2D eigenvalue weighted by Crippen LogP contribution is -2.45. The Morgan fingerprint density at radius 2 is 1.15 bits per heavy atom. The van der Waals surface area contributed by atoms with Gasteiger partial charge in [-0.2, -0.15) is 0 Å². The lowest BCUT2D eigenvalue weighted by molar-refractivity contribution is -0.129. The van der Waals surface area contributed by atoms with E-state index in [2.05, 4.69) is 50.8 Å². The Morgan fingerprint density at radius 3 is 1.74 bits per heavy atom. The number of carbonyl (C=O) groups excluding carboxylic acids is 6. The van der Waals surface area contributed by atoms with Gasteiger partial charge in [-0.15, -0.1) is 0 Å². The molecule has 2 atom stereocenters. The number of ketones is 2. The molecule has 3 rings (SSSR count). The van der Waals surface area contributed by atoms with Crippen molar-refractivity contribution in [2.24, 2.45) is 0 Å². The molecule has 2 aromatic carbocycles. The fourth-order valence-corrected chi connectivity index (χ4v) is 7.56. The largest absolute Gasteiger partial charge is 0.449 e. The molecule has 368 valence electrons. The Balaban J connectivity index is 1.25. The molecule has 0 aliphatic heterocycles. The first-order chi connectivity index (χ1) is 31.8. The van der Waals surface area contributed by atoms with Crippen molar-refractivity contribution in [1.29, 1.82) is 0 Å². The highest BCUT2D eigenvalue weighted by Gasteiger charge is 2.30. The number of hydrogen-bond acceptors (Lipinski definition) is 12. The number of alkyl carbamates (subject to hydrolysis) is 2. The molecule has 2 unspecified atom stereocenters. The van der Waals surface area contributed by atoms with E-state index in [4.69, 9.17) is 23.7 Å². The van der Waals surface area contributed by atoms with E-state index in [1.807, 2.05) is 31.3 Å². The van der Waals surface area contributed by atoms with Crippen LogP contribution in [0.1, 0.15) is 128 Å². The highest BCUT2D eigenvalue weighted by molar-refractivity contribution is 5.90. The number of rotatable bonds is 35. The summed E-state index contributed by atoms with van der Waals surface area (Å²) < 4.78 is 28.0. The summed E-state index contributed by atoms with van der Waals surface area (Å²) in [6.07, 6.45) is 6.20. The van der Waals surface area contributed by atoms with Gasteiger partial charge in [0, 0.05) is 58.4 Å². The molecule has 2 aromatic rings. The minimum Gasteiger partial charge on any atom is -0.449 e. The molecule has 5 N–H and O–H groups in total. The molecular formula is C50H77N5O11. The van der Waals surface area contributed by atoms with E-state index in [1.54, 1.807) is 27.8 Å². The third-order valence-corrected chi connectivity index (χ3v) is 11.0. The van der Waals surface area contributed by atoms with Crippen LogP contribution in [0.25, 0.3) is 11.1 Å². The zero-order valence-corrected chi connectivity index (χ0v) is 40.1. The lowest BCUT2D eigenvalue weighted by Gasteiger charge is -2.20. The van der Waals surface area contributed by atoms with Crippen molar-refractivity contribution in [1.82, 2.24) is 26.6 Å². The second kappa shape index (κ2) is 31.9. The van der Waals surface area contributed by atoms with Gasteiger partial charge in [0.05, 0.1) is 32.5 Å². The van der Waals surface area contributed by atoms with E-state index >= 15 is 0 Å². The van der Waals surface area contributed by atoms with Gasteiger partial charge in [-0.3, -0.25) is 19.2 Å². The molecule has 0 heterocycles. The van der Waals surface area contributed by atoms with Crippen molar-refractivity contribution in [2.75, 3.05) is 73.4 Å². The Hall–Kier alpha value is -4.90. The van der Waals surface area contributed by atoms with E-state index in [0.717, 1.165) is 41.6 Å². The standard InChI is InChI=1S/C50H77N5O11/c1-50(2,3)66-48(60)53-29-15-11-23-43(55-49(61)65-36-42-40-21-8-6-19-38(40)39-20-7-9-22-41(39)42)45(57)25-13-17-31-63-33-35-64-34-32-62-30-16-12-18-37(56)26-27-46(58)54-44(47(59)52-5)24-10-14-28-51-4/h6-9,19-22,42-44,51H,10-18,23-36H2,1-5H3,(H,52,59)(H,53,60)(H,54,58)(H,55,61). The van der Waals surface area contributed by atoms with Crippen LogP contribution < -0.4 is 26.6 Å². The average molecular weight is 924 g/mol. The van der Waals surface area contributed by atoms with E-state index in [9.17, 15) is 28.8 Å². The van der Waals surface area contributed by atoms with Gasteiger partial charge in [0.2, 0.25) is 11.8 Å². The zero-order chi connectivity index (χ0) is 48.0. The number of hydrogen-bond donors (Lipinski definition) is 5. The maximum atomic E-state index is 13.4. The van der Waals surface area contributed by atoms with Crippen LogP contribution in [-0.4, -0.2) is 127 Å². The average Bonchev–Trinajstić information content (AvgIpc) is 3.61. The summed E-state index contributed by atoms with van der Waals surface area (Å²) in [4.78, 5) is 75.4. The number of ether oxygens (including phenoxy) is 5. The lowest BCUT2D eigenvalue weighted by atomic mass is 9.98. The molecule has 1 aliphatic rings. The summed E-state index contributed by atoms with van der Waals surface area (Å²) in [7, 11) is 3.41. The van der Waals surface area contributed by atoms with Crippen LogP contribution >= 0.6 is 0 Å². The summed E-state index contributed by atoms with van der Waals surface area (Å²) in [6.45, 7) is 9.37. The molecule has 0 aromatic heterocycles. The predicted octanol–water partition coefficient (Wildman–Crippen LogP) is 6.52.